The number of Topliss-reactive ketones (excluding diaryl/α,β-unsaturated/α-hetero) is 1. The lowest BCUT2D eigenvalue weighted by Gasteiger charge is -2.17. The Morgan fingerprint density at radius 1 is 1.29 bits per heavy atom. The topological polar surface area (TPSA) is 83.8 Å². The van der Waals surface area contributed by atoms with Gasteiger partial charge in [-0.05, 0) is 24.6 Å². The lowest BCUT2D eigenvalue weighted by molar-refractivity contribution is -0.274. The summed E-state index contributed by atoms with van der Waals surface area (Å²) in [4.78, 5) is 21.2. The van der Waals surface area contributed by atoms with Crippen LogP contribution in [0.1, 0.15) is 29.0 Å². The third-order valence-electron chi connectivity index (χ3n) is 2.45. The summed E-state index contributed by atoms with van der Waals surface area (Å²) in [5.74, 6) is -2.76. The molecule has 1 rings (SSSR count). The van der Waals surface area contributed by atoms with Gasteiger partial charge in [0.15, 0.2) is 6.10 Å². The highest BCUT2D eigenvalue weighted by Gasteiger charge is 2.32. The lowest BCUT2D eigenvalue weighted by Crippen LogP contribution is -2.19. The fourth-order valence-electron chi connectivity index (χ4n) is 1.57. The monoisotopic (exact) mass is 370 g/mol. The van der Waals surface area contributed by atoms with E-state index in [2.05, 4.69) is 20.7 Å². The van der Waals surface area contributed by atoms with Gasteiger partial charge in [0, 0.05) is 5.56 Å². The largest absolute Gasteiger partial charge is 0.573 e. The Bertz CT molecular complexity index is 558. The molecule has 2 unspecified atom stereocenters. The van der Waals surface area contributed by atoms with Crippen LogP contribution in [0.2, 0.25) is 0 Å². The van der Waals surface area contributed by atoms with Gasteiger partial charge >= 0.3 is 12.3 Å². The minimum atomic E-state index is -4.96. The van der Waals surface area contributed by atoms with E-state index in [1.807, 2.05) is 0 Å². The van der Waals surface area contributed by atoms with Crippen molar-refractivity contribution in [3.8, 4) is 5.75 Å². The van der Waals surface area contributed by atoms with Gasteiger partial charge in [0.05, 0.1) is 4.83 Å². The molecule has 0 aromatic heterocycles. The molecule has 9 heteroatoms. The van der Waals surface area contributed by atoms with Gasteiger partial charge in [-0.15, -0.1) is 13.2 Å². The first kappa shape index (κ1) is 17.4. The number of rotatable bonds is 5. The molecule has 2 atom stereocenters. The van der Waals surface area contributed by atoms with Crippen LogP contribution in [-0.4, -0.2) is 28.3 Å². The Morgan fingerprint density at radius 2 is 1.86 bits per heavy atom. The highest BCUT2D eigenvalue weighted by atomic mass is 79.9. The summed E-state index contributed by atoms with van der Waals surface area (Å²) in [7, 11) is 0. The zero-order valence-electron chi connectivity index (χ0n) is 10.5. The van der Waals surface area contributed by atoms with Crippen LogP contribution in [0.4, 0.5) is 13.2 Å². The second-order valence-electron chi connectivity index (χ2n) is 4.05. The molecule has 0 saturated carbocycles. The zero-order chi connectivity index (χ0) is 16.4. The summed E-state index contributed by atoms with van der Waals surface area (Å²) in [5.41, 5.74) is -0.312. The molecule has 0 aliphatic carbocycles. The van der Waals surface area contributed by atoms with Crippen LogP contribution in [0.3, 0.4) is 0 Å². The first-order chi connectivity index (χ1) is 9.53. The molecular weight excluding hydrogens is 361 g/mol. The fraction of sp³-hybridized carbons (Fsp3) is 0.333. The first-order valence-electron chi connectivity index (χ1n) is 5.48. The van der Waals surface area contributed by atoms with E-state index in [4.69, 9.17) is 5.11 Å². The molecule has 0 bridgehead atoms. The number of hydrogen-bond acceptors (Lipinski definition) is 4. The molecule has 21 heavy (non-hydrogen) atoms. The van der Waals surface area contributed by atoms with Crippen molar-refractivity contribution in [2.24, 2.45) is 0 Å². The molecule has 0 heterocycles. The third kappa shape index (κ3) is 4.71. The number of halogens is 4. The summed E-state index contributed by atoms with van der Waals surface area (Å²) in [5, 5.41) is 18.4. The maximum absolute atomic E-state index is 12.2. The lowest BCUT2D eigenvalue weighted by atomic mass is 9.98. The van der Waals surface area contributed by atoms with E-state index >= 15 is 0 Å². The van der Waals surface area contributed by atoms with Gasteiger partial charge in [-0.2, -0.15) is 0 Å². The van der Waals surface area contributed by atoms with E-state index in [0.717, 1.165) is 18.2 Å². The van der Waals surface area contributed by atoms with E-state index in [1.165, 1.54) is 6.92 Å². The van der Waals surface area contributed by atoms with E-state index in [-0.39, 0.29) is 11.1 Å². The van der Waals surface area contributed by atoms with Crippen molar-refractivity contribution >= 4 is 27.7 Å². The van der Waals surface area contributed by atoms with Crippen LogP contribution in [0.25, 0.3) is 0 Å². The van der Waals surface area contributed by atoms with Gasteiger partial charge in [0.25, 0.3) is 0 Å². The van der Waals surface area contributed by atoms with Crippen LogP contribution in [0.15, 0.2) is 18.2 Å². The number of ether oxygens (including phenoxy) is 1. The Kier molecular flexibility index (Phi) is 5.35. The number of carboxylic acid groups (broad SMARTS) is 1. The average molecular weight is 371 g/mol. The Labute approximate surface area is 125 Å². The summed E-state index contributed by atoms with van der Waals surface area (Å²) in [6.45, 7) is 1.20. The van der Waals surface area contributed by atoms with Gasteiger partial charge in [-0.1, -0.05) is 22.0 Å². The third-order valence-corrected chi connectivity index (χ3v) is 3.59. The van der Waals surface area contributed by atoms with Crippen LogP contribution in [-0.2, 0) is 9.59 Å². The maximum atomic E-state index is 12.2. The van der Waals surface area contributed by atoms with Crippen molar-refractivity contribution in [1.82, 2.24) is 0 Å². The summed E-state index contributed by atoms with van der Waals surface area (Å²) >= 11 is 2.99. The molecule has 1 aromatic rings. The van der Waals surface area contributed by atoms with Gasteiger partial charge in [0.1, 0.15) is 11.5 Å². The summed E-state index contributed by atoms with van der Waals surface area (Å²) in [6.07, 6.45) is -7.04. The van der Waals surface area contributed by atoms with Crippen LogP contribution >= 0.6 is 15.9 Å². The Hall–Kier alpha value is -1.61. The number of carbonyl (C=O) groups is 2. The molecule has 0 saturated heterocycles. The molecule has 5 nitrogen and oxygen atoms in total. The van der Waals surface area contributed by atoms with Crippen molar-refractivity contribution in [2.45, 2.75) is 24.2 Å². The summed E-state index contributed by atoms with van der Waals surface area (Å²) < 4.78 is 40.1. The van der Waals surface area contributed by atoms with Crippen LogP contribution in [0.5, 0.6) is 5.75 Å². The summed E-state index contributed by atoms with van der Waals surface area (Å²) in [6, 6.07) is 2.75. The number of alkyl halides is 4. The average Bonchev–Trinajstić information content (AvgIpc) is 2.34. The number of aliphatic hydroxyl groups excluding tert-OH is 1. The van der Waals surface area contributed by atoms with E-state index < -0.39 is 34.8 Å². The number of aliphatic hydroxyl groups is 1. The number of carbonyl (C=O) groups excluding carboxylic acids is 1. The van der Waals surface area contributed by atoms with Crippen molar-refractivity contribution in [2.75, 3.05) is 0 Å². The molecule has 0 radical (unpaired) electrons. The molecule has 1 aromatic carbocycles. The van der Waals surface area contributed by atoms with E-state index in [1.54, 1.807) is 0 Å². The molecule has 0 spiro atoms. The van der Waals surface area contributed by atoms with Crippen molar-refractivity contribution < 1.29 is 37.7 Å². The Balaban J connectivity index is 3.33. The van der Waals surface area contributed by atoms with Crippen molar-refractivity contribution in [3.63, 3.8) is 0 Å². The molecule has 0 aliphatic heterocycles. The zero-order valence-corrected chi connectivity index (χ0v) is 12.1. The van der Waals surface area contributed by atoms with Crippen LogP contribution < -0.4 is 4.74 Å². The van der Waals surface area contributed by atoms with Crippen molar-refractivity contribution in [1.29, 1.82) is 0 Å². The van der Waals surface area contributed by atoms with Crippen LogP contribution in [0, 0.1) is 0 Å². The number of benzene rings is 1. The quantitative estimate of drug-likeness (QED) is 0.778. The standard InChI is InChI=1S/C12H10BrF3O5/c1-5(17)9(13)7-3-2-6(21-12(14,15)16)4-8(7)10(18)11(19)20/h2-4,9-10,18H,1H3,(H,19,20). The SMILES string of the molecule is CC(=O)C(Br)c1ccc(OC(F)(F)F)cc1C(O)C(=O)O. The molecule has 0 fully saturated rings. The predicted octanol–water partition coefficient (Wildman–Crippen LogP) is 2.73. The minimum Gasteiger partial charge on any atom is -0.479 e. The second-order valence-corrected chi connectivity index (χ2v) is 4.97. The van der Waals surface area contributed by atoms with E-state index in [0.29, 0.717) is 0 Å². The van der Waals surface area contributed by atoms with E-state index in [9.17, 15) is 27.9 Å². The molecule has 0 aliphatic rings. The van der Waals surface area contributed by atoms with Gasteiger partial charge in [-0.3, -0.25) is 4.79 Å². The number of ketones is 1. The second kappa shape index (κ2) is 6.44. The van der Waals surface area contributed by atoms with Gasteiger partial charge in [-0.25, -0.2) is 4.79 Å². The van der Waals surface area contributed by atoms with Gasteiger partial charge < -0.3 is 14.9 Å². The molecular formula is C12H10BrF3O5. The smallest absolute Gasteiger partial charge is 0.479 e. The molecule has 0 amide bonds. The number of hydrogen-bond donors (Lipinski definition) is 2. The molecule has 116 valence electrons. The minimum absolute atomic E-state index is 0.0481. The highest BCUT2D eigenvalue weighted by molar-refractivity contribution is 9.09. The number of carboxylic acids is 1. The fourth-order valence-corrected chi connectivity index (χ4v) is 1.99. The normalized spacial score (nSPS) is 14.4. The predicted molar refractivity (Wildman–Crippen MR) is 68.1 cm³/mol. The Morgan fingerprint density at radius 3 is 2.29 bits per heavy atom. The highest BCUT2D eigenvalue weighted by Crippen LogP contribution is 2.34. The van der Waals surface area contributed by atoms with Gasteiger partial charge in [0.2, 0.25) is 0 Å². The maximum Gasteiger partial charge on any atom is 0.573 e. The first-order valence-corrected chi connectivity index (χ1v) is 6.39. The molecule has 2 N–H and O–H groups in total. The number of aliphatic carboxylic acids is 1. The van der Waals surface area contributed by atoms with Crippen molar-refractivity contribution in [3.05, 3.63) is 29.3 Å².